The fourth-order valence-electron chi connectivity index (χ4n) is 1.89. The van der Waals surface area contributed by atoms with E-state index in [0.29, 0.717) is 27.0 Å². The van der Waals surface area contributed by atoms with Gasteiger partial charge in [-0.2, -0.15) is 0 Å². The summed E-state index contributed by atoms with van der Waals surface area (Å²) >= 11 is 12.2. The van der Waals surface area contributed by atoms with E-state index in [2.05, 4.69) is 5.32 Å². The second-order valence-corrected chi connectivity index (χ2v) is 4.94. The van der Waals surface area contributed by atoms with Crippen molar-refractivity contribution in [1.29, 1.82) is 0 Å². The molecule has 0 saturated carbocycles. The Kier molecular flexibility index (Phi) is 2.87. The van der Waals surface area contributed by atoms with Crippen LogP contribution in [0.1, 0.15) is 19.4 Å². The second-order valence-electron chi connectivity index (χ2n) is 4.15. The minimum atomic E-state index is -0.827. The van der Waals surface area contributed by atoms with Crippen molar-refractivity contribution in [2.75, 3.05) is 12.4 Å². The first-order chi connectivity index (χ1) is 7.86. The number of amides is 1. The molecule has 0 bridgehead atoms. The molecule has 0 radical (unpaired) electrons. The van der Waals surface area contributed by atoms with Crippen molar-refractivity contribution in [3.63, 3.8) is 0 Å². The Hall–Kier alpha value is -1.13. The molecule has 0 atom stereocenters. The van der Waals surface area contributed by atoms with Crippen LogP contribution in [-0.4, -0.2) is 13.2 Å². The first kappa shape index (κ1) is 12.3. The Bertz CT molecular complexity index is 500. The number of benzene rings is 1. The molecule has 2 rings (SSSR count). The van der Waals surface area contributed by atoms with Gasteiger partial charge in [-0.15, -0.1) is 0 Å². The lowest BCUT2D eigenvalue weighted by atomic mass is 9.94. The van der Waals surface area contributed by atoms with Gasteiger partial charge in [0.15, 0.2) is 5.75 Å². The zero-order valence-electron chi connectivity index (χ0n) is 9.56. The van der Waals surface area contributed by atoms with E-state index >= 15 is 0 Å². The molecule has 6 heteroatoms. The van der Waals surface area contributed by atoms with Crippen molar-refractivity contribution in [3.8, 4) is 5.75 Å². The monoisotopic (exact) mass is 275 g/mol. The van der Waals surface area contributed by atoms with Crippen LogP contribution in [0.3, 0.4) is 0 Å². The average Bonchev–Trinajstić information content (AvgIpc) is 2.14. The number of nitrogens with one attached hydrogen (secondary N) is 1. The predicted octanol–water partition coefficient (Wildman–Crippen LogP) is 3.80. The highest BCUT2D eigenvalue weighted by molar-refractivity contribution is 6.38. The molecule has 1 N–H and O–H groups in total. The molecule has 0 unspecified atom stereocenters. The van der Waals surface area contributed by atoms with Gasteiger partial charge in [0.05, 0.1) is 22.8 Å². The van der Waals surface area contributed by atoms with Crippen molar-refractivity contribution in [3.05, 3.63) is 21.7 Å². The van der Waals surface area contributed by atoms with E-state index in [1.807, 2.05) is 0 Å². The molecule has 4 nitrogen and oxygen atoms in total. The highest BCUT2D eigenvalue weighted by atomic mass is 35.5. The van der Waals surface area contributed by atoms with Gasteiger partial charge in [0, 0.05) is 5.56 Å². The number of hydrogen-bond donors (Lipinski definition) is 1. The fourth-order valence-corrected chi connectivity index (χ4v) is 2.73. The number of fused-ring (bicyclic) bond motifs is 1. The third-order valence-electron chi connectivity index (χ3n) is 2.57. The number of halogens is 2. The number of ether oxygens (including phenoxy) is 2. The van der Waals surface area contributed by atoms with Crippen molar-refractivity contribution in [2.24, 2.45) is 0 Å². The zero-order chi connectivity index (χ0) is 12.8. The highest BCUT2D eigenvalue weighted by Crippen LogP contribution is 2.47. The van der Waals surface area contributed by atoms with Crippen LogP contribution in [-0.2, 0) is 10.3 Å². The van der Waals surface area contributed by atoms with E-state index in [-0.39, 0.29) is 0 Å². The van der Waals surface area contributed by atoms with Crippen molar-refractivity contribution in [1.82, 2.24) is 0 Å². The lowest BCUT2D eigenvalue weighted by Crippen LogP contribution is -2.35. The molecule has 0 fully saturated rings. The van der Waals surface area contributed by atoms with E-state index in [0.717, 1.165) is 0 Å². The van der Waals surface area contributed by atoms with Crippen LogP contribution in [0, 0.1) is 0 Å². The molecule has 17 heavy (non-hydrogen) atoms. The molecule has 0 aromatic heterocycles. The molecule has 1 aliphatic heterocycles. The molecule has 0 aliphatic carbocycles. The number of cyclic esters (lactones) is 1. The summed E-state index contributed by atoms with van der Waals surface area (Å²) in [6, 6.07) is 1.60. The number of methoxy groups -OCH3 is 1. The summed E-state index contributed by atoms with van der Waals surface area (Å²) in [5.74, 6) is 0.375. The number of carbonyl (C=O) groups is 1. The lowest BCUT2D eigenvalue weighted by molar-refractivity contribution is 0.0420. The Morgan fingerprint density at radius 3 is 2.65 bits per heavy atom. The molecule has 1 aromatic carbocycles. The summed E-state index contributed by atoms with van der Waals surface area (Å²) in [4.78, 5) is 11.4. The molecule has 1 aliphatic rings. The van der Waals surface area contributed by atoms with Gasteiger partial charge >= 0.3 is 6.09 Å². The third kappa shape index (κ3) is 1.91. The molecule has 1 aromatic rings. The van der Waals surface area contributed by atoms with Crippen LogP contribution in [0.15, 0.2) is 6.07 Å². The third-order valence-corrected chi connectivity index (χ3v) is 3.21. The van der Waals surface area contributed by atoms with Crippen molar-refractivity contribution >= 4 is 35.0 Å². The summed E-state index contributed by atoms with van der Waals surface area (Å²) in [5, 5.41) is 3.25. The van der Waals surface area contributed by atoms with Crippen molar-refractivity contribution in [2.45, 2.75) is 19.4 Å². The summed E-state index contributed by atoms with van der Waals surface area (Å²) in [5.41, 5.74) is 0.370. The molecular weight excluding hydrogens is 265 g/mol. The largest absolute Gasteiger partial charge is 0.494 e. The fraction of sp³-hybridized carbons (Fsp3) is 0.364. The second kappa shape index (κ2) is 3.96. The SMILES string of the molecule is COc1c(Cl)cc2c(c1Cl)C(C)(C)OC(=O)N2. The maximum absolute atomic E-state index is 11.4. The number of hydrogen-bond acceptors (Lipinski definition) is 3. The van der Waals surface area contributed by atoms with Gasteiger partial charge in [-0.1, -0.05) is 23.2 Å². The quantitative estimate of drug-likeness (QED) is 0.848. The smallest absolute Gasteiger partial charge is 0.412 e. The van der Waals surface area contributed by atoms with E-state index in [9.17, 15) is 4.79 Å². The summed E-state index contributed by atoms with van der Waals surface area (Å²) in [7, 11) is 1.48. The normalized spacial score (nSPS) is 16.9. The zero-order valence-corrected chi connectivity index (χ0v) is 11.1. The number of rotatable bonds is 1. The van der Waals surface area contributed by atoms with E-state index in [1.54, 1.807) is 19.9 Å². The predicted molar refractivity (Wildman–Crippen MR) is 66.1 cm³/mol. The topological polar surface area (TPSA) is 47.6 Å². The summed E-state index contributed by atoms with van der Waals surface area (Å²) < 4.78 is 10.3. The molecular formula is C11H11Cl2NO3. The molecule has 92 valence electrons. The standard InChI is InChI=1S/C11H11Cl2NO3/c1-11(2)7-6(14-10(15)17-11)4-5(12)9(16-3)8(7)13/h4H,1-3H3,(H,14,15). The van der Waals surface area contributed by atoms with Crippen LogP contribution in [0.25, 0.3) is 0 Å². The van der Waals surface area contributed by atoms with Crippen LogP contribution in [0.5, 0.6) is 5.75 Å². The van der Waals surface area contributed by atoms with Gasteiger partial charge in [-0.05, 0) is 19.9 Å². The maximum atomic E-state index is 11.4. The summed E-state index contributed by atoms with van der Waals surface area (Å²) in [6.07, 6.45) is -0.528. The minimum Gasteiger partial charge on any atom is -0.494 e. The number of anilines is 1. The van der Waals surface area contributed by atoms with Crippen LogP contribution in [0.4, 0.5) is 10.5 Å². The Labute approximate surface area is 109 Å². The first-order valence-electron chi connectivity index (χ1n) is 4.93. The highest BCUT2D eigenvalue weighted by Gasteiger charge is 2.37. The van der Waals surface area contributed by atoms with Crippen molar-refractivity contribution < 1.29 is 14.3 Å². The first-order valence-corrected chi connectivity index (χ1v) is 5.69. The average molecular weight is 276 g/mol. The van der Waals surface area contributed by atoms with E-state index < -0.39 is 11.7 Å². The molecule has 0 spiro atoms. The van der Waals surface area contributed by atoms with Gasteiger partial charge in [-0.3, -0.25) is 5.32 Å². The minimum absolute atomic E-state index is 0.342. The van der Waals surface area contributed by atoms with Gasteiger partial charge in [0.2, 0.25) is 0 Å². The Morgan fingerprint density at radius 2 is 2.06 bits per heavy atom. The van der Waals surface area contributed by atoms with E-state index in [4.69, 9.17) is 32.7 Å². The van der Waals surface area contributed by atoms with Gasteiger partial charge in [0.25, 0.3) is 0 Å². The molecule has 1 heterocycles. The van der Waals surface area contributed by atoms with Gasteiger partial charge < -0.3 is 9.47 Å². The molecule has 1 amide bonds. The summed E-state index contributed by atoms with van der Waals surface area (Å²) in [6.45, 7) is 3.51. The number of carbonyl (C=O) groups excluding carboxylic acids is 1. The van der Waals surface area contributed by atoms with Crippen LogP contribution < -0.4 is 10.1 Å². The van der Waals surface area contributed by atoms with Crippen LogP contribution in [0.2, 0.25) is 10.0 Å². The van der Waals surface area contributed by atoms with Gasteiger partial charge in [-0.25, -0.2) is 4.79 Å². The Morgan fingerprint density at radius 1 is 1.41 bits per heavy atom. The van der Waals surface area contributed by atoms with E-state index in [1.165, 1.54) is 7.11 Å². The van der Waals surface area contributed by atoms with Gasteiger partial charge in [0.1, 0.15) is 5.60 Å². The molecule has 0 saturated heterocycles. The maximum Gasteiger partial charge on any atom is 0.412 e. The van der Waals surface area contributed by atoms with Crippen LogP contribution >= 0.6 is 23.2 Å². The Balaban J connectivity index is 2.72. The lowest BCUT2D eigenvalue weighted by Gasteiger charge is -2.33.